The Kier molecular flexibility index (Phi) is 6.33. The lowest BCUT2D eigenvalue weighted by Crippen LogP contribution is -2.35. The van der Waals surface area contributed by atoms with Crippen LogP contribution in [0.2, 0.25) is 0 Å². The van der Waals surface area contributed by atoms with Gasteiger partial charge in [0.2, 0.25) is 0 Å². The van der Waals surface area contributed by atoms with E-state index in [1.807, 2.05) is 6.20 Å². The predicted molar refractivity (Wildman–Crippen MR) is 73.8 cm³/mol. The van der Waals surface area contributed by atoms with Gasteiger partial charge in [-0.1, -0.05) is 20.3 Å². The molecule has 0 aliphatic carbocycles. The number of rotatable bonds is 6. The first-order chi connectivity index (χ1) is 7.76. The number of unbranched alkanes of at least 4 members (excludes halogenated alkanes) is 1. The quantitative estimate of drug-likeness (QED) is 0.606. The van der Waals surface area contributed by atoms with E-state index in [1.54, 1.807) is 11.3 Å². The van der Waals surface area contributed by atoms with Crippen molar-refractivity contribution in [1.29, 1.82) is 0 Å². The SMILES string of the molecule is CCCCNC(=S)NCc1ncc(CC)s1. The molecule has 1 aromatic rings. The molecule has 0 bridgehead atoms. The fourth-order valence-electron chi connectivity index (χ4n) is 1.19. The first-order valence-corrected chi connectivity index (χ1v) is 6.94. The van der Waals surface area contributed by atoms with Crippen LogP contribution in [0, 0.1) is 0 Å². The average Bonchev–Trinajstić information content (AvgIpc) is 2.74. The van der Waals surface area contributed by atoms with Crippen molar-refractivity contribution >= 4 is 28.7 Å². The van der Waals surface area contributed by atoms with Crippen LogP contribution in [-0.4, -0.2) is 16.6 Å². The van der Waals surface area contributed by atoms with Crippen LogP contribution < -0.4 is 10.6 Å². The van der Waals surface area contributed by atoms with Gasteiger partial charge in [-0.3, -0.25) is 0 Å². The van der Waals surface area contributed by atoms with E-state index in [0.717, 1.165) is 36.1 Å². The Morgan fingerprint density at radius 3 is 2.88 bits per heavy atom. The van der Waals surface area contributed by atoms with Gasteiger partial charge in [-0.25, -0.2) is 4.98 Å². The number of hydrogen-bond acceptors (Lipinski definition) is 3. The number of nitrogens with one attached hydrogen (secondary N) is 2. The summed E-state index contributed by atoms with van der Waals surface area (Å²) in [7, 11) is 0. The maximum atomic E-state index is 5.16. The third-order valence-electron chi connectivity index (χ3n) is 2.17. The van der Waals surface area contributed by atoms with Gasteiger partial charge < -0.3 is 10.6 Å². The summed E-state index contributed by atoms with van der Waals surface area (Å²) in [6.07, 6.45) is 5.33. The number of thiocarbonyl (C=S) groups is 1. The van der Waals surface area contributed by atoms with E-state index >= 15 is 0 Å². The van der Waals surface area contributed by atoms with Gasteiger partial charge in [0.15, 0.2) is 5.11 Å². The molecule has 2 N–H and O–H groups in total. The van der Waals surface area contributed by atoms with Crippen LogP contribution in [0.5, 0.6) is 0 Å². The van der Waals surface area contributed by atoms with Gasteiger partial charge in [-0.05, 0) is 25.1 Å². The molecule has 1 heterocycles. The minimum absolute atomic E-state index is 0.724. The van der Waals surface area contributed by atoms with Gasteiger partial charge in [0.05, 0.1) is 6.54 Å². The summed E-state index contributed by atoms with van der Waals surface area (Å²) in [6, 6.07) is 0. The monoisotopic (exact) mass is 257 g/mol. The lowest BCUT2D eigenvalue weighted by molar-refractivity contribution is 0.738. The van der Waals surface area contributed by atoms with Gasteiger partial charge in [0.1, 0.15) is 5.01 Å². The Bertz CT molecular complexity index is 323. The Morgan fingerprint density at radius 1 is 1.44 bits per heavy atom. The molecule has 5 heteroatoms. The molecular weight excluding hydrogens is 238 g/mol. The third kappa shape index (κ3) is 4.90. The number of nitrogens with zero attached hydrogens (tertiary/aromatic N) is 1. The predicted octanol–water partition coefficient (Wildman–Crippen LogP) is 2.47. The normalized spacial score (nSPS) is 10.1. The molecule has 0 saturated heterocycles. The molecule has 0 aliphatic heterocycles. The van der Waals surface area contributed by atoms with E-state index in [2.05, 4.69) is 29.5 Å². The van der Waals surface area contributed by atoms with E-state index in [4.69, 9.17) is 12.2 Å². The van der Waals surface area contributed by atoms with Crippen LogP contribution >= 0.6 is 23.6 Å². The number of hydrogen-bond donors (Lipinski definition) is 2. The zero-order valence-corrected chi connectivity index (χ0v) is 11.5. The van der Waals surface area contributed by atoms with E-state index in [-0.39, 0.29) is 0 Å². The highest BCUT2D eigenvalue weighted by Crippen LogP contribution is 2.12. The van der Waals surface area contributed by atoms with E-state index < -0.39 is 0 Å². The van der Waals surface area contributed by atoms with Crippen LogP contribution in [0.3, 0.4) is 0 Å². The smallest absolute Gasteiger partial charge is 0.166 e. The van der Waals surface area contributed by atoms with Crippen LogP contribution in [0.4, 0.5) is 0 Å². The minimum Gasteiger partial charge on any atom is -0.363 e. The van der Waals surface area contributed by atoms with Gasteiger partial charge in [0, 0.05) is 17.6 Å². The largest absolute Gasteiger partial charge is 0.363 e. The van der Waals surface area contributed by atoms with Gasteiger partial charge in [-0.15, -0.1) is 11.3 Å². The molecule has 0 unspecified atom stereocenters. The molecule has 16 heavy (non-hydrogen) atoms. The molecule has 0 radical (unpaired) electrons. The summed E-state index contributed by atoms with van der Waals surface area (Å²) < 4.78 is 0. The average molecular weight is 257 g/mol. The number of aromatic nitrogens is 1. The fourth-order valence-corrected chi connectivity index (χ4v) is 2.17. The molecule has 3 nitrogen and oxygen atoms in total. The van der Waals surface area contributed by atoms with Crippen molar-refractivity contribution in [1.82, 2.24) is 15.6 Å². The molecular formula is C11H19N3S2. The maximum absolute atomic E-state index is 5.16. The second kappa shape index (κ2) is 7.57. The van der Waals surface area contributed by atoms with Crippen molar-refractivity contribution in [3.8, 4) is 0 Å². The summed E-state index contributed by atoms with van der Waals surface area (Å²) in [5, 5.41) is 8.15. The Labute approximate surface area is 107 Å². The molecule has 1 rings (SSSR count). The fraction of sp³-hybridized carbons (Fsp3) is 0.636. The maximum Gasteiger partial charge on any atom is 0.166 e. The van der Waals surface area contributed by atoms with E-state index in [1.165, 1.54) is 11.3 Å². The van der Waals surface area contributed by atoms with Crippen molar-refractivity contribution < 1.29 is 0 Å². The molecule has 0 amide bonds. The summed E-state index contributed by atoms with van der Waals surface area (Å²) >= 11 is 6.90. The minimum atomic E-state index is 0.724. The van der Waals surface area contributed by atoms with E-state index in [9.17, 15) is 0 Å². The highest BCUT2D eigenvalue weighted by molar-refractivity contribution is 7.80. The van der Waals surface area contributed by atoms with Crippen molar-refractivity contribution in [3.05, 3.63) is 16.1 Å². The number of thiazole rings is 1. The van der Waals surface area contributed by atoms with Crippen LogP contribution in [0.15, 0.2) is 6.20 Å². The molecule has 90 valence electrons. The molecule has 1 aromatic heterocycles. The van der Waals surface area contributed by atoms with Crippen LogP contribution in [0.25, 0.3) is 0 Å². The number of aryl methyl sites for hydroxylation is 1. The zero-order chi connectivity index (χ0) is 11.8. The second-order valence-electron chi connectivity index (χ2n) is 3.54. The summed E-state index contributed by atoms with van der Waals surface area (Å²) in [6.45, 7) is 5.98. The lowest BCUT2D eigenvalue weighted by Gasteiger charge is -2.08. The standard InChI is InChI=1S/C11H19N3S2/c1-3-5-6-12-11(15)14-8-10-13-7-9(4-2)16-10/h7H,3-6,8H2,1-2H3,(H2,12,14,15). The molecule has 0 saturated carbocycles. The summed E-state index contributed by atoms with van der Waals surface area (Å²) in [5.41, 5.74) is 0. The molecule has 0 aliphatic rings. The zero-order valence-electron chi connectivity index (χ0n) is 9.88. The van der Waals surface area contributed by atoms with Crippen molar-refractivity contribution in [3.63, 3.8) is 0 Å². The Morgan fingerprint density at radius 2 is 2.25 bits per heavy atom. The third-order valence-corrected chi connectivity index (χ3v) is 3.60. The van der Waals surface area contributed by atoms with Gasteiger partial charge in [0.25, 0.3) is 0 Å². The molecule has 0 atom stereocenters. The molecule has 0 fully saturated rings. The van der Waals surface area contributed by atoms with Crippen LogP contribution in [0.1, 0.15) is 36.6 Å². The second-order valence-corrected chi connectivity index (χ2v) is 5.14. The van der Waals surface area contributed by atoms with E-state index in [0.29, 0.717) is 0 Å². The molecule has 0 spiro atoms. The van der Waals surface area contributed by atoms with Gasteiger partial charge in [-0.2, -0.15) is 0 Å². The summed E-state index contributed by atoms with van der Waals surface area (Å²) in [4.78, 5) is 5.65. The highest BCUT2D eigenvalue weighted by atomic mass is 32.1. The van der Waals surface area contributed by atoms with Crippen molar-refractivity contribution in [2.24, 2.45) is 0 Å². The first kappa shape index (κ1) is 13.4. The topological polar surface area (TPSA) is 37.0 Å². The Balaban J connectivity index is 2.20. The Hall–Kier alpha value is -0.680. The first-order valence-electron chi connectivity index (χ1n) is 5.71. The van der Waals surface area contributed by atoms with Gasteiger partial charge >= 0.3 is 0 Å². The van der Waals surface area contributed by atoms with Crippen molar-refractivity contribution in [2.75, 3.05) is 6.54 Å². The molecule has 0 aromatic carbocycles. The van der Waals surface area contributed by atoms with Crippen LogP contribution in [-0.2, 0) is 13.0 Å². The highest BCUT2D eigenvalue weighted by Gasteiger charge is 2.01. The van der Waals surface area contributed by atoms with Crippen molar-refractivity contribution in [2.45, 2.75) is 39.7 Å². The lowest BCUT2D eigenvalue weighted by atomic mass is 10.3. The summed E-state index contributed by atoms with van der Waals surface area (Å²) in [5.74, 6) is 0.